The molecule has 0 heterocycles. The van der Waals surface area contributed by atoms with E-state index in [1.807, 2.05) is 50.3 Å². The average molecular weight is 254 g/mol. The van der Waals surface area contributed by atoms with E-state index >= 15 is 0 Å². The molecule has 17 heavy (non-hydrogen) atoms. The van der Waals surface area contributed by atoms with Crippen molar-refractivity contribution in [2.24, 2.45) is 0 Å². The second-order valence-corrected chi connectivity index (χ2v) is 4.71. The maximum absolute atomic E-state index is 11.3. The molecule has 4 heteroatoms. The standard InChI is InChI=1S/C13H18O3S/c1-12(2)8-10-15-17(14)16-11-9-13-6-4-3-5-7-13/h3-8H,9-11H2,1-2H3. The van der Waals surface area contributed by atoms with Gasteiger partial charge in [0.05, 0.1) is 13.2 Å². The highest BCUT2D eigenvalue weighted by molar-refractivity contribution is 7.75. The van der Waals surface area contributed by atoms with Crippen molar-refractivity contribution in [1.29, 1.82) is 0 Å². The van der Waals surface area contributed by atoms with Crippen LogP contribution in [0.5, 0.6) is 0 Å². The van der Waals surface area contributed by atoms with Crippen LogP contribution in [-0.2, 0) is 26.1 Å². The Labute approximate surface area is 105 Å². The minimum Gasteiger partial charge on any atom is -0.268 e. The molecule has 0 aliphatic carbocycles. The number of benzene rings is 1. The topological polar surface area (TPSA) is 35.5 Å². The molecule has 0 radical (unpaired) electrons. The molecular weight excluding hydrogens is 236 g/mol. The van der Waals surface area contributed by atoms with Crippen LogP contribution in [0.1, 0.15) is 19.4 Å². The minimum atomic E-state index is -1.65. The van der Waals surface area contributed by atoms with E-state index in [0.717, 1.165) is 17.6 Å². The molecule has 1 rings (SSSR count). The van der Waals surface area contributed by atoms with Crippen LogP contribution in [0.15, 0.2) is 42.0 Å². The highest BCUT2D eigenvalue weighted by Crippen LogP contribution is 2.01. The Balaban J connectivity index is 2.14. The largest absolute Gasteiger partial charge is 0.304 e. The van der Waals surface area contributed by atoms with Crippen LogP contribution in [0.25, 0.3) is 0 Å². The summed E-state index contributed by atoms with van der Waals surface area (Å²) < 4.78 is 21.3. The Morgan fingerprint density at radius 2 is 1.94 bits per heavy atom. The van der Waals surface area contributed by atoms with Crippen molar-refractivity contribution >= 4 is 11.4 Å². The first-order chi connectivity index (χ1) is 8.18. The van der Waals surface area contributed by atoms with Gasteiger partial charge in [-0.3, -0.25) is 8.37 Å². The number of hydrogen-bond donors (Lipinski definition) is 0. The third kappa shape index (κ3) is 7.05. The van der Waals surface area contributed by atoms with Crippen LogP contribution in [0.3, 0.4) is 0 Å². The Morgan fingerprint density at radius 3 is 2.59 bits per heavy atom. The fraction of sp³-hybridized carbons (Fsp3) is 0.385. The summed E-state index contributed by atoms with van der Waals surface area (Å²) in [5, 5.41) is 0. The van der Waals surface area contributed by atoms with Gasteiger partial charge < -0.3 is 0 Å². The Bertz CT molecular complexity index is 370. The van der Waals surface area contributed by atoms with Gasteiger partial charge in [-0.15, -0.1) is 0 Å². The first-order valence-corrected chi connectivity index (χ1v) is 6.54. The zero-order valence-corrected chi connectivity index (χ0v) is 11.0. The third-order valence-corrected chi connectivity index (χ3v) is 2.76. The number of hydrogen-bond acceptors (Lipinski definition) is 3. The van der Waals surface area contributed by atoms with Gasteiger partial charge in [0, 0.05) is 0 Å². The molecule has 3 nitrogen and oxygen atoms in total. The summed E-state index contributed by atoms with van der Waals surface area (Å²) in [6, 6.07) is 9.92. The molecule has 94 valence electrons. The van der Waals surface area contributed by atoms with Crippen molar-refractivity contribution in [3.63, 3.8) is 0 Å². The van der Waals surface area contributed by atoms with Gasteiger partial charge in [0.25, 0.3) is 0 Å². The lowest BCUT2D eigenvalue weighted by atomic mass is 10.2. The van der Waals surface area contributed by atoms with Crippen LogP contribution < -0.4 is 0 Å². The number of allylic oxidation sites excluding steroid dienone is 1. The zero-order valence-electron chi connectivity index (χ0n) is 10.2. The lowest BCUT2D eigenvalue weighted by molar-refractivity contribution is 0.269. The predicted molar refractivity (Wildman–Crippen MR) is 69.6 cm³/mol. The van der Waals surface area contributed by atoms with Gasteiger partial charge in [-0.25, -0.2) is 0 Å². The second kappa shape index (κ2) is 8.17. The summed E-state index contributed by atoms with van der Waals surface area (Å²) in [4.78, 5) is 0. The molecule has 1 aromatic carbocycles. The van der Waals surface area contributed by atoms with Crippen molar-refractivity contribution in [3.8, 4) is 0 Å². The molecule has 0 saturated heterocycles. The predicted octanol–water partition coefficient (Wildman–Crippen LogP) is 2.81. The van der Waals surface area contributed by atoms with Gasteiger partial charge in [-0.1, -0.05) is 42.0 Å². The van der Waals surface area contributed by atoms with Crippen LogP contribution in [0.2, 0.25) is 0 Å². The number of rotatable bonds is 7. The molecule has 0 amide bonds. The Kier molecular flexibility index (Phi) is 6.77. The summed E-state index contributed by atoms with van der Waals surface area (Å²) in [6.07, 6.45) is 2.59. The van der Waals surface area contributed by atoms with Crippen molar-refractivity contribution in [3.05, 3.63) is 47.5 Å². The van der Waals surface area contributed by atoms with Crippen molar-refractivity contribution in [2.45, 2.75) is 20.3 Å². The summed E-state index contributed by atoms with van der Waals surface area (Å²) in [5.41, 5.74) is 2.29. The first kappa shape index (κ1) is 14.1. The molecule has 1 atom stereocenters. The summed E-state index contributed by atoms with van der Waals surface area (Å²) in [5.74, 6) is 0. The molecule has 1 unspecified atom stereocenters. The summed E-state index contributed by atoms with van der Waals surface area (Å²) >= 11 is -1.65. The fourth-order valence-corrected chi connectivity index (χ4v) is 1.63. The van der Waals surface area contributed by atoms with E-state index in [2.05, 4.69) is 0 Å². The third-order valence-electron chi connectivity index (χ3n) is 2.07. The molecule has 0 aliphatic rings. The molecule has 0 fully saturated rings. The van der Waals surface area contributed by atoms with E-state index in [1.165, 1.54) is 0 Å². The normalized spacial score (nSPS) is 12.1. The minimum absolute atomic E-state index is 0.320. The smallest absolute Gasteiger partial charge is 0.268 e. The average Bonchev–Trinajstić information content (AvgIpc) is 2.30. The van der Waals surface area contributed by atoms with E-state index < -0.39 is 11.4 Å². The van der Waals surface area contributed by atoms with E-state index in [4.69, 9.17) is 8.37 Å². The molecule has 0 bridgehead atoms. The van der Waals surface area contributed by atoms with E-state index in [0.29, 0.717) is 13.2 Å². The van der Waals surface area contributed by atoms with E-state index in [-0.39, 0.29) is 0 Å². The molecule has 0 aromatic heterocycles. The SMILES string of the molecule is CC(C)=CCOS(=O)OCCc1ccccc1. The zero-order chi connectivity index (χ0) is 12.5. The summed E-state index contributed by atoms with van der Waals surface area (Å²) in [7, 11) is 0. The second-order valence-electron chi connectivity index (χ2n) is 3.83. The van der Waals surface area contributed by atoms with Crippen LogP contribution in [0.4, 0.5) is 0 Å². The van der Waals surface area contributed by atoms with Crippen LogP contribution in [-0.4, -0.2) is 17.4 Å². The first-order valence-electron chi connectivity index (χ1n) is 5.54. The fourth-order valence-electron chi connectivity index (χ4n) is 1.16. The van der Waals surface area contributed by atoms with Gasteiger partial charge in [0.15, 0.2) is 0 Å². The maximum Gasteiger partial charge on any atom is 0.304 e. The monoisotopic (exact) mass is 254 g/mol. The molecule has 0 saturated carbocycles. The van der Waals surface area contributed by atoms with Gasteiger partial charge in [-0.2, -0.15) is 4.21 Å². The van der Waals surface area contributed by atoms with E-state index in [9.17, 15) is 4.21 Å². The van der Waals surface area contributed by atoms with E-state index in [1.54, 1.807) is 0 Å². The van der Waals surface area contributed by atoms with Gasteiger partial charge in [0.2, 0.25) is 0 Å². The van der Waals surface area contributed by atoms with Crippen LogP contribution in [0, 0.1) is 0 Å². The lowest BCUT2D eigenvalue weighted by Crippen LogP contribution is -2.05. The van der Waals surface area contributed by atoms with Crippen molar-refractivity contribution in [2.75, 3.05) is 13.2 Å². The molecule has 0 N–H and O–H groups in total. The maximum atomic E-state index is 11.3. The van der Waals surface area contributed by atoms with Crippen molar-refractivity contribution < 1.29 is 12.6 Å². The lowest BCUT2D eigenvalue weighted by Gasteiger charge is -2.02. The van der Waals surface area contributed by atoms with Gasteiger partial charge in [-0.05, 0) is 25.8 Å². The molecule has 0 aliphatic heterocycles. The Morgan fingerprint density at radius 1 is 1.24 bits per heavy atom. The van der Waals surface area contributed by atoms with Gasteiger partial charge >= 0.3 is 11.4 Å². The highest BCUT2D eigenvalue weighted by Gasteiger charge is 2.00. The summed E-state index contributed by atoms with van der Waals surface area (Å²) in [6.45, 7) is 4.64. The quantitative estimate of drug-likeness (QED) is 0.702. The van der Waals surface area contributed by atoms with Crippen molar-refractivity contribution in [1.82, 2.24) is 0 Å². The molecular formula is C13H18O3S. The Hall–Kier alpha value is -0.970. The van der Waals surface area contributed by atoms with Crippen LogP contribution >= 0.6 is 0 Å². The van der Waals surface area contributed by atoms with Gasteiger partial charge in [0.1, 0.15) is 0 Å². The highest BCUT2D eigenvalue weighted by atomic mass is 32.2. The molecule has 0 spiro atoms. The molecule has 1 aromatic rings.